The number of aromatic nitrogens is 3. The molecular weight excluding hydrogens is 196 g/mol. The SMILES string of the molecule is C#CCC(N)c1nc(C(=O)OCC)n[nH]1. The molecule has 6 heteroatoms. The van der Waals surface area contributed by atoms with Gasteiger partial charge < -0.3 is 10.5 Å². The first-order chi connectivity index (χ1) is 7.19. The number of hydrogen-bond donors (Lipinski definition) is 2. The van der Waals surface area contributed by atoms with Crippen LogP contribution in [0.25, 0.3) is 0 Å². The number of rotatable bonds is 4. The van der Waals surface area contributed by atoms with Crippen molar-refractivity contribution in [3.63, 3.8) is 0 Å². The fraction of sp³-hybridized carbons (Fsp3) is 0.444. The smallest absolute Gasteiger partial charge is 0.378 e. The molecule has 0 fully saturated rings. The van der Waals surface area contributed by atoms with Gasteiger partial charge in [0.05, 0.1) is 12.6 Å². The third-order valence-corrected chi connectivity index (χ3v) is 1.65. The molecule has 1 aromatic heterocycles. The van der Waals surface area contributed by atoms with Crippen molar-refractivity contribution in [1.29, 1.82) is 0 Å². The molecule has 3 N–H and O–H groups in total. The Morgan fingerprint density at radius 3 is 3.13 bits per heavy atom. The minimum absolute atomic E-state index is 0.0284. The van der Waals surface area contributed by atoms with Gasteiger partial charge in [-0.1, -0.05) is 0 Å². The molecule has 0 bridgehead atoms. The molecule has 6 nitrogen and oxygen atoms in total. The van der Waals surface area contributed by atoms with Gasteiger partial charge >= 0.3 is 5.97 Å². The van der Waals surface area contributed by atoms with Crippen LogP contribution in [0.3, 0.4) is 0 Å². The quantitative estimate of drug-likeness (QED) is 0.536. The van der Waals surface area contributed by atoms with Crippen molar-refractivity contribution in [3.8, 4) is 12.3 Å². The zero-order valence-corrected chi connectivity index (χ0v) is 8.36. The summed E-state index contributed by atoms with van der Waals surface area (Å²) in [4.78, 5) is 15.1. The summed E-state index contributed by atoms with van der Waals surface area (Å²) in [6.45, 7) is 1.98. The normalized spacial score (nSPS) is 11.8. The number of nitrogens with one attached hydrogen (secondary N) is 1. The van der Waals surface area contributed by atoms with Gasteiger partial charge in [-0.05, 0) is 6.92 Å². The van der Waals surface area contributed by atoms with Gasteiger partial charge in [0.25, 0.3) is 5.82 Å². The van der Waals surface area contributed by atoms with E-state index in [4.69, 9.17) is 16.9 Å². The lowest BCUT2D eigenvalue weighted by molar-refractivity contribution is 0.0512. The zero-order valence-electron chi connectivity index (χ0n) is 8.36. The lowest BCUT2D eigenvalue weighted by Crippen LogP contribution is -2.12. The molecular formula is C9H12N4O2. The van der Waals surface area contributed by atoms with Crippen LogP contribution in [-0.4, -0.2) is 27.8 Å². The minimum atomic E-state index is -0.576. The van der Waals surface area contributed by atoms with Crippen LogP contribution in [0, 0.1) is 12.3 Å². The standard InChI is InChI=1S/C9H12N4O2/c1-3-5-6(10)7-11-8(13-12-7)9(14)15-4-2/h1,6H,4-5,10H2,2H3,(H,11,12,13). The Balaban J connectivity index is 2.72. The second-order valence-electron chi connectivity index (χ2n) is 2.78. The highest BCUT2D eigenvalue weighted by Crippen LogP contribution is 2.07. The fourth-order valence-corrected chi connectivity index (χ4v) is 0.951. The van der Waals surface area contributed by atoms with Crippen LogP contribution in [0.2, 0.25) is 0 Å². The summed E-state index contributed by atoms with van der Waals surface area (Å²) in [6.07, 6.45) is 5.43. The Morgan fingerprint density at radius 1 is 1.80 bits per heavy atom. The first kappa shape index (κ1) is 11.2. The van der Waals surface area contributed by atoms with E-state index in [9.17, 15) is 4.79 Å². The molecule has 0 aromatic carbocycles. The molecule has 0 aliphatic heterocycles. The van der Waals surface area contributed by atoms with E-state index in [-0.39, 0.29) is 12.4 Å². The maximum atomic E-state index is 11.2. The molecule has 0 spiro atoms. The van der Waals surface area contributed by atoms with Gasteiger partial charge in [0.15, 0.2) is 0 Å². The molecule has 1 aromatic rings. The molecule has 1 unspecified atom stereocenters. The van der Waals surface area contributed by atoms with Crippen molar-refractivity contribution < 1.29 is 9.53 Å². The minimum Gasteiger partial charge on any atom is -0.460 e. The van der Waals surface area contributed by atoms with Gasteiger partial charge in [0.2, 0.25) is 0 Å². The van der Waals surface area contributed by atoms with Crippen LogP contribution in [-0.2, 0) is 4.74 Å². The van der Waals surface area contributed by atoms with Crippen molar-refractivity contribution in [2.24, 2.45) is 5.73 Å². The Kier molecular flexibility index (Phi) is 3.83. The van der Waals surface area contributed by atoms with Gasteiger partial charge in [-0.2, -0.15) is 0 Å². The fourth-order valence-electron chi connectivity index (χ4n) is 0.951. The molecule has 0 aliphatic rings. The molecule has 15 heavy (non-hydrogen) atoms. The summed E-state index contributed by atoms with van der Waals surface area (Å²) in [6, 6.07) is -0.439. The number of nitrogens with zero attached hydrogens (tertiary/aromatic N) is 2. The molecule has 0 saturated heterocycles. The Hall–Kier alpha value is -1.87. The number of aromatic amines is 1. The number of ether oxygens (including phenoxy) is 1. The van der Waals surface area contributed by atoms with Crippen molar-refractivity contribution in [1.82, 2.24) is 15.2 Å². The van der Waals surface area contributed by atoms with Crippen molar-refractivity contribution in [3.05, 3.63) is 11.6 Å². The Morgan fingerprint density at radius 2 is 2.53 bits per heavy atom. The highest BCUT2D eigenvalue weighted by atomic mass is 16.5. The average Bonchev–Trinajstić information content (AvgIpc) is 2.67. The maximum absolute atomic E-state index is 11.2. The third-order valence-electron chi connectivity index (χ3n) is 1.65. The van der Waals surface area contributed by atoms with E-state index < -0.39 is 12.0 Å². The molecule has 80 valence electrons. The van der Waals surface area contributed by atoms with Crippen molar-refractivity contribution >= 4 is 5.97 Å². The number of esters is 1. The van der Waals surface area contributed by atoms with E-state index in [2.05, 4.69) is 21.1 Å². The molecule has 1 rings (SSSR count). The zero-order chi connectivity index (χ0) is 11.3. The summed E-state index contributed by atoms with van der Waals surface area (Å²) in [5, 5.41) is 6.23. The van der Waals surface area contributed by atoms with E-state index in [1.54, 1.807) is 6.92 Å². The number of carbonyl (C=O) groups is 1. The van der Waals surface area contributed by atoms with Gasteiger partial charge in [-0.15, -0.1) is 17.4 Å². The number of H-pyrrole nitrogens is 1. The summed E-state index contributed by atoms with van der Waals surface area (Å²) in [5.74, 6) is 2.18. The predicted molar refractivity (Wildman–Crippen MR) is 52.7 cm³/mol. The topological polar surface area (TPSA) is 93.9 Å². The number of nitrogens with two attached hydrogens (primary N) is 1. The number of hydrogen-bond acceptors (Lipinski definition) is 5. The van der Waals surface area contributed by atoms with E-state index in [0.29, 0.717) is 12.2 Å². The summed E-state index contributed by atoms with van der Waals surface area (Å²) < 4.78 is 4.72. The second-order valence-corrected chi connectivity index (χ2v) is 2.78. The van der Waals surface area contributed by atoms with E-state index in [1.807, 2.05) is 0 Å². The van der Waals surface area contributed by atoms with Crippen LogP contribution < -0.4 is 5.73 Å². The lowest BCUT2D eigenvalue weighted by Gasteiger charge is -2.01. The summed E-state index contributed by atoms with van der Waals surface area (Å²) in [7, 11) is 0. The molecule has 0 amide bonds. The molecule has 1 atom stereocenters. The predicted octanol–water partition coefficient (Wildman–Crippen LogP) is 0.00450. The molecule has 1 heterocycles. The van der Waals surface area contributed by atoms with E-state index in [1.165, 1.54) is 0 Å². The Bertz CT molecular complexity index is 380. The van der Waals surface area contributed by atoms with Gasteiger partial charge in [0, 0.05) is 6.42 Å². The van der Waals surface area contributed by atoms with Crippen LogP contribution in [0.1, 0.15) is 35.8 Å². The number of terminal acetylenes is 1. The van der Waals surface area contributed by atoms with Crippen LogP contribution in [0.5, 0.6) is 0 Å². The Labute approximate surface area is 87.2 Å². The molecule has 0 aliphatic carbocycles. The van der Waals surface area contributed by atoms with Crippen molar-refractivity contribution in [2.45, 2.75) is 19.4 Å². The van der Waals surface area contributed by atoms with Crippen molar-refractivity contribution in [2.75, 3.05) is 6.61 Å². The largest absolute Gasteiger partial charge is 0.460 e. The van der Waals surface area contributed by atoms with Crippen LogP contribution >= 0.6 is 0 Å². The monoisotopic (exact) mass is 208 g/mol. The maximum Gasteiger partial charge on any atom is 0.378 e. The van der Waals surface area contributed by atoms with Crippen LogP contribution in [0.4, 0.5) is 0 Å². The second kappa shape index (κ2) is 5.12. The van der Waals surface area contributed by atoms with E-state index in [0.717, 1.165) is 0 Å². The highest BCUT2D eigenvalue weighted by molar-refractivity contribution is 5.84. The van der Waals surface area contributed by atoms with Gasteiger partial charge in [-0.25, -0.2) is 9.78 Å². The van der Waals surface area contributed by atoms with Gasteiger partial charge in [0.1, 0.15) is 5.82 Å². The van der Waals surface area contributed by atoms with Gasteiger partial charge in [-0.3, -0.25) is 5.10 Å². The lowest BCUT2D eigenvalue weighted by atomic mass is 10.2. The van der Waals surface area contributed by atoms with E-state index >= 15 is 0 Å². The first-order valence-corrected chi connectivity index (χ1v) is 4.47. The molecule has 0 saturated carbocycles. The molecule has 0 radical (unpaired) electrons. The third kappa shape index (κ3) is 2.79. The van der Waals surface area contributed by atoms with Crippen LogP contribution in [0.15, 0.2) is 0 Å². The number of carbonyl (C=O) groups excluding carboxylic acids is 1. The summed E-state index contributed by atoms with van der Waals surface area (Å²) in [5.41, 5.74) is 5.66. The highest BCUT2D eigenvalue weighted by Gasteiger charge is 2.16. The average molecular weight is 208 g/mol. The first-order valence-electron chi connectivity index (χ1n) is 4.47. The summed E-state index contributed by atoms with van der Waals surface area (Å²) >= 11 is 0.